The van der Waals surface area contributed by atoms with Crippen LogP contribution in [0.4, 0.5) is 0 Å². The normalized spacial score (nSPS) is 10.5. The number of carbonyl (C=O) groups is 1. The van der Waals surface area contributed by atoms with Crippen LogP contribution in [0.3, 0.4) is 0 Å². The summed E-state index contributed by atoms with van der Waals surface area (Å²) in [5, 5.41) is 10.7. The molecule has 0 spiro atoms. The Balaban J connectivity index is 2.02. The van der Waals surface area contributed by atoms with Gasteiger partial charge in [0.1, 0.15) is 5.75 Å². The Bertz CT molecular complexity index is 618. The zero-order valence-electron chi connectivity index (χ0n) is 11.8. The predicted octanol–water partition coefficient (Wildman–Crippen LogP) is 2.85. The number of aromatic nitrogens is 2. The molecule has 0 saturated carbocycles. The summed E-state index contributed by atoms with van der Waals surface area (Å²) in [6, 6.07) is 8.56. The third-order valence-corrected chi connectivity index (χ3v) is 2.93. The molecule has 0 radical (unpaired) electrons. The molecule has 1 amide bonds. The molecule has 1 N–H and O–H groups in total. The number of nitrogens with zero attached hydrogens (tertiary/aromatic N) is 2. The van der Waals surface area contributed by atoms with Crippen LogP contribution >= 0.6 is 11.6 Å². The van der Waals surface area contributed by atoms with Crippen molar-refractivity contribution in [3.63, 3.8) is 0 Å². The van der Waals surface area contributed by atoms with Crippen LogP contribution in [0.25, 0.3) is 0 Å². The number of hydrogen-bond donors (Lipinski definition) is 1. The van der Waals surface area contributed by atoms with Crippen molar-refractivity contribution in [2.45, 2.75) is 26.5 Å². The SMILES string of the molecule is CC(C)Oc1ccc(C(=O)NCc2cccnn2)c(Cl)c1. The summed E-state index contributed by atoms with van der Waals surface area (Å²) in [5.41, 5.74) is 1.08. The van der Waals surface area contributed by atoms with Gasteiger partial charge in [0.15, 0.2) is 0 Å². The Morgan fingerprint density at radius 1 is 1.38 bits per heavy atom. The number of hydrogen-bond acceptors (Lipinski definition) is 4. The topological polar surface area (TPSA) is 64.1 Å². The van der Waals surface area contributed by atoms with Crippen molar-refractivity contribution in [2.24, 2.45) is 0 Å². The monoisotopic (exact) mass is 305 g/mol. The number of amides is 1. The van der Waals surface area contributed by atoms with Crippen LogP contribution in [-0.2, 0) is 6.54 Å². The van der Waals surface area contributed by atoms with Crippen LogP contribution in [0.5, 0.6) is 5.75 Å². The van der Waals surface area contributed by atoms with Crippen molar-refractivity contribution in [1.82, 2.24) is 15.5 Å². The molecule has 0 fully saturated rings. The van der Waals surface area contributed by atoms with Gasteiger partial charge in [-0.3, -0.25) is 4.79 Å². The number of halogens is 1. The summed E-state index contributed by atoms with van der Waals surface area (Å²) in [7, 11) is 0. The van der Waals surface area contributed by atoms with Crippen molar-refractivity contribution in [1.29, 1.82) is 0 Å². The van der Waals surface area contributed by atoms with Crippen LogP contribution < -0.4 is 10.1 Å². The zero-order chi connectivity index (χ0) is 15.2. The van der Waals surface area contributed by atoms with E-state index >= 15 is 0 Å². The van der Waals surface area contributed by atoms with Gasteiger partial charge in [0, 0.05) is 6.20 Å². The fourth-order valence-electron chi connectivity index (χ4n) is 1.72. The first-order valence-corrected chi connectivity index (χ1v) is 6.95. The highest BCUT2D eigenvalue weighted by atomic mass is 35.5. The van der Waals surface area contributed by atoms with E-state index in [0.29, 0.717) is 28.6 Å². The number of carbonyl (C=O) groups excluding carboxylic acids is 1. The van der Waals surface area contributed by atoms with Gasteiger partial charge < -0.3 is 10.1 Å². The summed E-state index contributed by atoms with van der Waals surface area (Å²) in [6.45, 7) is 4.15. The van der Waals surface area contributed by atoms with Gasteiger partial charge in [-0.15, -0.1) is 0 Å². The quantitative estimate of drug-likeness (QED) is 0.922. The van der Waals surface area contributed by atoms with Crippen LogP contribution in [0.15, 0.2) is 36.5 Å². The fraction of sp³-hybridized carbons (Fsp3) is 0.267. The Kier molecular flexibility index (Phi) is 5.11. The van der Waals surface area contributed by atoms with Crippen molar-refractivity contribution in [3.05, 3.63) is 52.8 Å². The number of ether oxygens (including phenoxy) is 1. The van der Waals surface area contributed by atoms with Crippen molar-refractivity contribution in [2.75, 3.05) is 0 Å². The molecule has 2 rings (SSSR count). The Labute approximate surface area is 128 Å². The van der Waals surface area contributed by atoms with E-state index in [1.54, 1.807) is 36.5 Å². The average molecular weight is 306 g/mol. The lowest BCUT2D eigenvalue weighted by atomic mass is 10.2. The molecule has 0 aliphatic rings. The smallest absolute Gasteiger partial charge is 0.253 e. The molecule has 0 unspecified atom stereocenters. The summed E-state index contributed by atoms with van der Waals surface area (Å²) in [5.74, 6) is 0.377. The van der Waals surface area contributed by atoms with Crippen molar-refractivity contribution < 1.29 is 9.53 Å². The van der Waals surface area contributed by atoms with Gasteiger partial charge in [0.2, 0.25) is 0 Å². The molecular weight excluding hydrogens is 290 g/mol. The van der Waals surface area contributed by atoms with Gasteiger partial charge in [-0.05, 0) is 44.2 Å². The van der Waals surface area contributed by atoms with E-state index in [0.717, 1.165) is 0 Å². The number of rotatable bonds is 5. The molecule has 0 atom stereocenters. The maximum absolute atomic E-state index is 12.1. The summed E-state index contributed by atoms with van der Waals surface area (Å²) in [6.07, 6.45) is 1.63. The minimum absolute atomic E-state index is 0.0531. The van der Waals surface area contributed by atoms with E-state index in [-0.39, 0.29) is 12.0 Å². The maximum atomic E-state index is 12.1. The molecule has 1 aromatic heterocycles. The van der Waals surface area contributed by atoms with Crippen LogP contribution in [0, 0.1) is 0 Å². The zero-order valence-corrected chi connectivity index (χ0v) is 12.6. The lowest BCUT2D eigenvalue weighted by Crippen LogP contribution is -2.23. The van der Waals surface area contributed by atoms with Crippen molar-refractivity contribution >= 4 is 17.5 Å². The molecule has 0 bridgehead atoms. The highest BCUT2D eigenvalue weighted by Crippen LogP contribution is 2.23. The van der Waals surface area contributed by atoms with E-state index in [4.69, 9.17) is 16.3 Å². The van der Waals surface area contributed by atoms with E-state index in [9.17, 15) is 4.79 Å². The van der Waals surface area contributed by atoms with E-state index < -0.39 is 0 Å². The highest BCUT2D eigenvalue weighted by Gasteiger charge is 2.11. The Hall–Kier alpha value is -2.14. The molecule has 5 nitrogen and oxygen atoms in total. The van der Waals surface area contributed by atoms with Crippen LogP contribution in [0.1, 0.15) is 29.9 Å². The molecule has 21 heavy (non-hydrogen) atoms. The third kappa shape index (κ3) is 4.43. The lowest BCUT2D eigenvalue weighted by molar-refractivity contribution is 0.0950. The minimum Gasteiger partial charge on any atom is -0.491 e. The van der Waals surface area contributed by atoms with Gasteiger partial charge in [-0.2, -0.15) is 10.2 Å². The average Bonchev–Trinajstić information content (AvgIpc) is 2.45. The second-order valence-electron chi connectivity index (χ2n) is 4.71. The molecule has 2 aromatic rings. The molecule has 0 aliphatic carbocycles. The van der Waals surface area contributed by atoms with Gasteiger partial charge in [-0.25, -0.2) is 0 Å². The third-order valence-electron chi connectivity index (χ3n) is 2.61. The van der Waals surface area contributed by atoms with Gasteiger partial charge >= 0.3 is 0 Å². The molecule has 0 saturated heterocycles. The lowest BCUT2D eigenvalue weighted by Gasteiger charge is -2.11. The Morgan fingerprint density at radius 2 is 2.19 bits per heavy atom. The summed E-state index contributed by atoms with van der Waals surface area (Å²) < 4.78 is 5.52. The molecule has 110 valence electrons. The van der Waals surface area contributed by atoms with Crippen molar-refractivity contribution in [3.8, 4) is 5.75 Å². The summed E-state index contributed by atoms with van der Waals surface area (Å²) >= 11 is 6.12. The van der Waals surface area contributed by atoms with Crippen LogP contribution in [0.2, 0.25) is 5.02 Å². The fourth-order valence-corrected chi connectivity index (χ4v) is 1.98. The number of nitrogens with one attached hydrogen (secondary N) is 1. The first-order valence-electron chi connectivity index (χ1n) is 6.57. The van der Waals surface area contributed by atoms with E-state index in [1.165, 1.54) is 0 Å². The summed E-state index contributed by atoms with van der Waals surface area (Å²) in [4.78, 5) is 12.1. The molecule has 0 aliphatic heterocycles. The number of benzene rings is 1. The highest BCUT2D eigenvalue weighted by molar-refractivity contribution is 6.34. The van der Waals surface area contributed by atoms with Crippen LogP contribution in [-0.4, -0.2) is 22.2 Å². The largest absolute Gasteiger partial charge is 0.491 e. The predicted molar refractivity (Wildman–Crippen MR) is 80.4 cm³/mol. The molecule has 1 heterocycles. The maximum Gasteiger partial charge on any atom is 0.253 e. The standard InChI is InChI=1S/C15H16ClN3O2/c1-10(2)21-12-5-6-13(14(16)8-12)15(20)17-9-11-4-3-7-18-19-11/h3-8,10H,9H2,1-2H3,(H,17,20). The first-order chi connectivity index (χ1) is 10.1. The molecule has 1 aromatic carbocycles. The van der Waals surface area contributed by atoms with Gasteiger partial charge in [0.25, 0.3) is 5.91 Å². The Morgan fingerprint density at radius 3 is 2.81 bits per heavy atom. The van der Waals surface area contributed by atoms with Gasteiger partial charge in [0.05, 0.1) is 28.9 Å². The molecule has 6 heteroatoms. The van der Waals surface area contributed by atoms with E-state index in [2.05, 4.69) is 15.5 Å². The van der Waals surface area contributed by atoms with Gasteiger partial charge in [-0.1, -0.05) is 11.6 Å². The minimum atomic E-state index is -0.262. The second-order valence-corrected chi connectivity index (χ2v) is 5.11. The van der Waals surface area contributed by atoms with E-state index in [1.807, 2.05) is 13.8 Å². The molecular formula is C15H16ClN3O2. The second kappa shape index (κ2) is 7.04. The first kappa shape index (κ1) is 15.3.